The van der Waals surface area contributed by atoms with Gasteiger partial charge in [-0.05, 0) is 42.9 Å². The Kier molecular flexibility index (Phi) is 3.55. The van der Waals surface area contributed by atoms with Gasteiger partial charge in [-0.3, -0.25) is 4.79 Å². The molecule has 1 saturated carbocycles. The Morgan fingerprint density at radius 1 is 1.39 bits per heavy atom. The average molecular weight is 250 g/mol. The normalized spacial score (nSPS) is 27.2. The molecule has 3 N–H and O–H groups in total. The van der Waals surface area contributed by atoms with E-state index in [4.69, 9.17) is 5.73 Å². The van der Waals surface area contributed by atoms with Gasteiger partial charge in [0.25, 0.3) is 5.91 Å². The number of nitrogens with one attached hydrogen (secondary N) is 1. The Labute approximate surface area is 107 Å². The van der Waals surface area contributed by atoms with E-state index in [1.807, 2.05) is 0 Å². The molecule has 0 spiro atoms. The number of rotatable bonds is 2. The summed E-state index contributed by atoms with van der Waals surface area (Å²) in [6, 6.07) is 4.06. The van der Waals surface area contributed by atoms with Gasteiger partial charge in [-0.1, -0.05) is 13.8 Å². The summed E-state index contributed by atoms with van der Waals surface area (Å²) in [5, 5.41) is 2.99. The van der Waals surface area contributed by atoms with E-state index in [1.165, 1.54) is 18.2 Å². The lowest BCUT2D eigenvalue weighted by Gasteiger charge is -2.20. The minimum Gasteiger partial charge on any atom is -0.398 e. The minimum absolute atomic E-state index is 0.186. The van der Waals surface area contributed by atoms with Crippen LogP contribution in [-0.4, -0.2) is 11.9 Å². The van der Waals surface area contributed by atoms with E-state index < -0.39 is 5.82 Å². The van der Waals surface area contributed by atoms with Crippen molar-refractivity contribution >= 4 is 11.6 Å². The summed E-state index contributed by atoms with van der Waals surface area (Å²) < 4.78 is 12.9. The Hall–Kier alpha value is -1.58. The average Bonchev–Trinajstić information content (AvgIpc) is 2.61. The summed E-state index contributed by atoms with van der Waals surface area (Å²) in [5.74, 6) is 0.460. The fourth-order valence-electron chi connectivity index (χ4n) is 2.55. The number of halogens is 1. The largest absolute Gasteiger partial charge is 0.398 e. The molecule has 0 aliphatic heterocycles. The van der Waals surface area contributed by atoms with Crippen LogP contribution in [0.1, 0.15) is 37.0 Å². The number of anilines is 1. The SMILES string of the molecule is CC1CCC(NC(=O)c2ccc(F)cc2N)C1C. The molecule has 2 rings (SSSR count). The summed E-state index contributed by atoms with van der Waals surface area (Å²) in [7, 11) is 0. The van der Waals surface area contributed by atoms with Gasteiger partial charge < -0.3 is 11.1 Å². The van der Waals surface area contributed by atoms with E-state index in [-0.39, 0.29) is 17.6 Å². The number of nitrogen functional groups attached to an aromatic ring is 1. The van der Waals surface area contributed by atoms with Crippen LogP contribution < -0.4 is 11.1 Å². The molecule has 1 aliphatic rings. The molecular formula is C14H19FN2O. The first-order chi connectivity index (χ1) is 8.49. The zero-order valence-electron chi connectivity index (χ0n) is 10.7. The predicted molar refractivity (Wildman–Crippen MR) is 69.6 cm³/mol. The van der Waals surface area contributed by atoms with Crippen molar-refractivity contribution in [2.24, 2.45) is 11.8 Å². The number of hydrogen-bond donors (Lipinski definition) is 2. The molecular weight excluding hydrogens is 231 g/mol. The fraction of sp³-hybridized carbons (Fsp3) is 0.500. The first-order valence-corrected chi connectivity index (χ1v) is 6.35. The van der Waals surface area contributed by atoms with Crippen LogP contribution in [-0.2, 0) is 0 Å². The topological polar surface area (TPSA) is 55.1 Å². The summed E-state index contributed by atoms with van der Waals surface area (Å²) in [6.45, 7) is 4.35. The summed E-state index contributed by atoms with van der Waals surface area (Å²) in [4.78, 5) is 12.1. The molecule has 98 valence electrons. The smallest absolute Gasteiger partial charge is 0.253 e. The standard InChI is InChI=1S/C14H19FN2O/c1-8-3-6-13(9(8)2)17-14(18)11-5-4-10(15)7-12(11)16/h4-5,7-9,13H,3,6,16H2,1-2H3,(H,17,18). The van der Waals surface area contributed by atoms with Gasteiger partial charge in [-0.25, -0.2) is 4.39 Å². The van der Waals surface area contributed by atoms with Gasteiger partial charge in [-0.2, -0.15) is 0 Å². The zero-order valence-corrected chi connectivity index (χ0v) is 10.7. The van der Waals surface area contributed by atoms with Crippen LogP contribution in [0.2, 0.25) is 0 Å². The maximum Gasteiger partial charge on any atom is 0.253 e. The quantitative estimate of drug-likeness (QED) is 0.793. The highest BCUT2D eigenvalue weighted by Crippen LogP contribution is 2.31. The summed E-state index contributed by atoms with van der Waals surface area (Å²) in [5.41, 5.74) is 6.19. The Morgan fingerprint density at radius 3 is 2.67 bits per heavy atom. The van der Waals surface area contributed by atoms with Gasteiger partial charge >= 0.3 is 0 Å². The zero-order chi connectivity index (χ0) is 13.3. The van der Waals surface area contributed by atoms with Crippen molar-refractivity contribution in [3.63, 3.8) is 0 Å². The Morgan fingerprint density at radius 2 is 2.11 bits per heavy atom. The number of carbonyl (C=O) groups is 1. The van der Waals surface area contributed by atoms with Gasteiger partial charge in [0, 0.05) is 11.7 Å². The third-order valence-electron chi connectivity index (χ3n) is 4.04. The predicted octanol–water partition coefficient (Wildman–Crippen LogP) is 2.57. The van der Waals surface area contributed by atoms with Gasteiger partial charge in [0.05, 0.1) is 5.56 Å². The van der Waals surface area contributed by atoms with Crippen LogP contribution in [0, 0.1) is 17.7 Å². The maximum absolute atomic E-state index is 12.9. The van der Waals surface area contributed by atoms with E-state index in [9.17, 15) is 9.18 Å². The Balaban J connectivity index is 2.08. The summed E-state index contributed by atoms with van der Waals surface area (Å²) >= 11 is 0. The monoisotopic (exact) mass is 250 g/mol. The minimum atomic E-state index is -0.424. The van der Waals surface area contributed by atoms with E-state index in [0.717, 1.165) is 12.8 Å². The van der Waals surface area contributed by atoms with Crippen molar-refractivity contribution in [2.45, 2.75) is 32.7 Å². The highest BCUT2D eigenvalue weighted by Gasteiger charge is 2.31. The second kappa shape index (κ2) is 4.96. The van der Waals surface area contributed by atoms with Crippen molar-refractivity contribution in [3.8, 4) is 0 Å². The molecule has 4 heteroatoms. The lowest BCUT2D eigenvalue weighted by atomic mass is 9.97. The van der Waals surface area contributed by atoms with E-state index in [1.54, 1.807) is 0 Å². The number of benzene rings is 1. The Bertz CT molecular complexity index is 461. The molecule has 1 aromatic carbocycles. The van der Waals surface area contributed by atoms with Crippen LogP contribution in [0.5, 0.6) is 0 Å². The van der Waals surface area contributed by atoms with E-state index >= 15 is 0 Å². The molecule has 0 bridgehead atoms. The first-order valence-electron chi connectivity index (χ1n) is 6.35. The van der Waals surface area contributed by atoms with Crippen molar-refractivity contribution in [1.29, 1.82) is 0 Å². The molecule has 1 aliphatic carbocycles. The third kappa shape index (κ3) is 2.47. The van der Waals surface area contributed by atoms with Gasteiger partial charge in [-0.15, -0.1) is 0 Å². The van der Waals surface area contributed by atoms with Crippen LogP contribution in [0.25, 0.3) is 0 Å². The second-order valence-corrected chi connectivity index (χ2v) is 5.23. The van der Waals surface area contributed by atoms with E-state index in [2.05, 4.69) is 19.2 Å². The lowest BCUT2D eigenvalue weighted by molar-refractivity contribution is 0.0928. The third-order valence-corrected chi connectivity index (χ3v) is 4.04. The molecule has 0 saturated heterocycles. The number of hydrogen-bond acceptors (Lipinski definition) is 2. The molecule has 0 aromatic heterocycles. The fourth-order valence-corrected chi connectivity index (χ4v) is 2.55. The molecule has 3 atom stereocenters. The molecule has 18 heavy (non-hydrogen) atoms. The molecule has 1 fully saturated rings. The lowest BCUT2D eigenvalue weighted by Crippen LogP contribution is -2.37. The molecule has 0 heterocycles. The van der Waals surface area contributed by atoms with Crippen molar-refractivity contribution in [1.82, 2.24) is 5.32 Å². The van der Waals surface area contributed by atoms with Gasteiger partial charge in [0.2, 0.25) is 0 Å². The molecule has 1 aromatic rings. The highest BCUT2D eigenvalue weighted by atomic mass is 19.1. The molecule has 1 amide bonds. The number of nitrogens with two attached hydrogens (primary N) is 1. The number of amides is 1. The van der Waals surface area contributed by atoms with Crippen molar-refractivity contribution in [3.05, 3.63) is 29.6 Å². The molecule has 3 nitrogen and oxygen atoms in total. The highest BCUT2D eigenvalue weighted by molar-refractivity contribution is 5.99. The number of carbonyl (C=O) groups excluding carboxylic acids is 1. The van der Waals surface area contributed by atoms with Crippen LogP contribution in [0.3, 0.4) is 0 Å². The van der Waals surface area contributed by atoms with Crippen molar-refractivity contribution < 1.29 is 9.18 Å². The maximum atomic E-state index is 12.9. The van der Waals surface area contributed by atoms with Gasteiger partial charge in [0.1, 0.15) is 5.82 Å². The van der Waals surface area contributed by atoms with Gasteiger partial charge in [0.15, 0.2) is 0 Å². The molecule has 3 unspecified atom stereocenters. The van der Waals surface area contributed by atoms with Crippen LogP contribution >= 0.6 is 0 Å². The first kappa shape index (κ1) is 12.9. The van der Waals surface area contributed by atoms with Crippen LogP contribution in [0.15, 0.2) is 18.2 Å². The van der Waals surface area contributed by atoms with Crippen molar-refractivity contribution in [2.75, 3.05) is 5.73 Å². The molecule has 0 radical (unpaired) electrons. The second-order valence-electron chi connectivity index (χ2n) is 5.23. The summed E-state index contributed by atoms with van der Waals surface area (Å²) in [6.07, 6.45) is 2.13. The van der Waals surface area contributed by atoms with Crippen LogP contribution in [0.4, 0.5) is 10.1 Å². The van der Waals surface area contributed by atoms with E-state index in [0.29, 0.717) is 17.4 Å².